The molecule has 2 heterocycles. The first-order chi connectivity index (χ1) is 11.3. The van der Waals surface area contributed by atoms with Crippen molar-refractivity contribution in [2.45, 2.75) is 45.9 Å². The van der Waals surface area contributed by atoms with E-state index in [1.54, 1.807) is 6.20 Å². The molecule has 24 heavy (non-hydrogen) atoms. The number of fused-ring (bicyclic) bond motifs is 3. The quantitative estimate of drug-likeness (QED) is 0.788. The Bertz CT molecular complexity index is 877. The van der Waals surface area contributed by atoms with E-state index in [-0.39, 0.29) is 6.04 Å². The zero-order valence-electron chi connectivity index (χ0n) is 14.5. The van der Waals surface area contributed by atoms with Crippen LogP contribution in [0, 0.1) is 0 Å². The van der Waals surface area contributed by atoms with Gasteiger partial charge in [0.15, 0.2) is 0 Å². The van der Waals surface area contributed by atoms with Crippen molar-refractivity contribution in [3.8, 4) is 0 Å². The molecule has 0 spiro atoms. The van der Waals surface area contributed by atoms with Gasteiger partial charge in [-0.1, -0.05) is 6.07 Å². The molecule has 0 saturated carbocycles. The predicted molar refractivity (Wildman–Crippen MR) is 96.1 cm³/mol. The van der Waals surface area contributed by atoms with Crippen LogP contribution in [0.3, 0.4) is 0 Å². The molecule has 2 aromatic heterocycles. The van der Waals surface area contributed by atoms with E-state index in [1.165, 1.54) is 5.39 Å². The minimum atomic E-state index is -0.494. The summed E-state index contributed by atoms with van der Waals surface area (Å²) in [6.07, 6.45) is 3.45. The first-order valence-corrected chi connectivity index (χ1v) is 8.15. The van der Waals surface area contributed by atoms with Crippen LogP contribution in [0.4, 0.5) is 4.79 Å². The maximum Gasteiger partial charge on any atom is 0.407 e. The topological polar surface area (TPSA) is 56.2 Å². The standard InChI is InChI=1S/C19H23N3O2/c1-13(21-18(23)24-19(2,3)4)12-22-11-9-14-7-8-16-15(17(14)22)6-5-10-20-16/h5-11,13H,12H2,1-4H3,(H,21,23)/t13-/m0/s1. The number of pyridine rings is 1. The summed E-state index contributed by atoms with van der Waals surface area (Å²) in [5.41, 5.74) is 1.61. The summed E-state index contributed by atoms with van der Waals surface area (Å²) in [6.45, 7) is 8.21. The van der Waals surface area contributed by atoms with Gasteiger partial charge >= 0.3 is 6.09 Å². The van der Waals surface area contributed by atoms with E-state index < -0.39 is 11.7 Å². The molecule has 0 bridgehead atoms. The Morgan fingerprint density at radius 1 is 1.29 bits per heavy atom. The number of benzene rings is 1. The highest BCUT2D eigenvalue weighted by molar-refractivity contribution is 6.04. The molecule has 0 unspecified atom stereocenters. The van der Waals surface area contributed by atoms with E-state index in [2.05, 4.69) is 33.1 Å². The van der Waals surface area contributed by atoms with Crippen LogP contribution in [0.5, 0.6) is 0 Å². The second-order valence-corrected chi connectivity index (χ2v) is 7.09. The van der Waals surface area contributed by atoms with Gasteiger partial charge in [0.05, 0.1) is 11.0 Å². The van der Waals surface area contributed by atoms with Crippen molar-refractivity contribution in [3.63, 3.8) is 0 Å². The number of alkyl carbamates (subject to hydrolysis) is 1. The zero-order valence-corrected chi connectivity index (χ0v) is 14.5. The second kappa shape index (κ2) is 6.15. The normalized spacial score (nSPS) is 13.2. The van der Waals surface area contributed by atoms with Crippen LogP contribution in [0.25, 0.3) is 21.8 Å². The van der Waals surface area contributed by atoms with Gasteiger partial charge in [0.2, 0.25) is 0 Å². The molecule has 3 aromatic rings. The van der Waals surface area contributed by atoms with Crippen molar-refractivity contribution >= 4 is 27.9 Å². The lowest BCUT2D eigenvalue weighted by Crippen LogP contribution is -2.39. The number of carbonyl (C=O) groups excluding carboxylic acids is 1. The highest BCUT2D eigenvalue weighted by Gasteiger charge is 2.18. The van der Waals surface area contributed by atoms with E-state index in [9.17, 15) is 4.79 Å². The van der Waals surface area contributed by atoms with Gasteiger partial charge in [0.1, 0.15) is 5.60 Å². The SMILES string of the molecule is C[C@@H](Cn1ccc2ccc3ncccc3c21)NC(=O)OC(C)(C)C. The molecular weight excluding hydrogens is 302 g/mol. The van der Waals surface area contributed by atoms with Crippen molar-refractivity contribution in [1.29, 1.82) is 0 Å². The summed E-state index contributed by atoms with van der Waals surface area (Å²) >= 11 is 0. The van der Waals surface area contributed by atoms with Crippen LogP contribution in [0.15, 0.2) is 42.7 Å². The molecule has 3 rings (SSSR count). The highest BCUT2D eigenvalue weighted by Crippen LogP contribution is 2.25. The fourth-order valence-electron chi connectivity index (χ4n) is 2.86. The molecule has 126 valence electrons. The molecule has 0 aliphatic heterocycles. The smallest absolute Gasteiger partial charge is 0.407 e. The Balaban J connectivity index is 1.83. The average molecular weight is 325 g/mol. The van der Waals surface area contributed by atoms with Crippen molar-refractivity contribution in [2.24, 2.45) is 0 Å². The van der Waals surface area contributed by atoms with E-state index in [1.807, 2.05) is 46.0 Å². The van der Waals surface area contributed by atoms with Gasteiger partial charge in [-0.05, 0) is 52.0 Å². The Morgan fingerprint density at radius 2 is 2.08 bits per heavy atom. The maximum absolute atomic E-state index is 11.9. The van der Waals surface area contributed by atoms with Crippen LogP contribution >= 0.6 is 0 Å². The third-order valence-corrected chi connectivity index (χ3v) is 3.74. The lowest BCUT2D eigenvalue weighted by molar-refractivity contribution is 0.0504. The molecule has 1 amide bonds. The van der Waals surface area contributed by atoms with Crippen LogP contribution in [0.2, 0.25) is 0 Å². The Morgan fingerprint density at radius 3 is 2.83 bits per heavy atom. The van der Waals surface area contributed by atoms with E-state index in [0.717, 1.165) is 16.4 Å². The third-order valence-electron chi connectivity index (χ3n) is 3.74. The van der Waals surface area contributed by atoms with Crippen molar-refractivity contribution in [3.05, 3.63) is 42.7 Å². The lowest BCUT2D eigenvalue weighted by atomic mass is 10.1. The average Bonchev–Trinajstić information content (AvgIpc) is 2.88. The summed E-state index contributed by atoms with van der Waals surface area (Å²) in [4.78, 5) is 16.3. The van der Waals surface area contributed by atoms with E-state index in [4.69, 9.17) is 4.74 Å². The van der Waals surface area contributed by atoms with Gasteiger partial charge < -0.3 is 14.6 Å². The maximum atomic E-state index is 11.9. The molecule has 0 radical (unpaired) electrons. The number of nitrogens with one attached hydrogen (secondary N) is 1. The van der Waals surface area contributed by atoms with Crippen LogP contribution < -0.4 is 5.32 Å². The molecule has 5 heteroatoms. The van der Waals surface area contributed by atoms with Gasteiger partial charge in [0, 0.05) is 35.8 Å². The summed E-state index contributed by atoms with van der Waals surface area (Å²) in [5, 5.41) is 5.17. The fraction of sp³-hybridized carbons (Fsp3) is 0.368. The van der Waals surface area contributed by atoms with Crippen LogP contribution in [-0.2, 0) is 11.3 Å². The highest BCUT2D eigenvalue weighted by atomic mass is 16.6. The molecule has 1 atom stereocenters. The predicted octanol–water partition coefficient (Wildman–Crippen LogP) is 4.10. The second-order valence-electron chi connectivity index (χ2n) is 7.09. The first kappa shape index (κ1) is 16.3. The van der Waals surface area contributed by atoms with Crippen molar-refractivity contribution in [2.75, 3.05) is 0 Å². The Hall–Kier alpha value is -2.56. The largest absolute Gasteiger partial charge is 0.444 e. The van der Waals surface area contributed by atoms with Crippen molar-refractivity contribution < 1.29 is 9.53 Å². The number of nitrogens with zero attached hydrogens (tertiary/aromatic N) is 2. The summed E-state index contributed by atoms with van der Waals surface area (Å²) < 4.78 is 7.47. The molecule has 0 aliphatic carbocycles. The number of rotatable bonds is 3. The Kier molecular flexibility index (Phi) is 4.18. The molecule has 1 aromatic carbocycles. The molecular formula is C19H23N3O2. The monoisotopic (exact) mass is 325 g/mol. The van der Waals surface area contributed by atoms with Gasteiger partial charge in [0.25, 0.3) is 0 Å². The summed E-state index contributed by atoms with van der Waals surface area (Å²) in [6, 6.07) is 10.2. The Labute approximate surface area is 141 Å². The van der Waals surface area contributed by atoms with Gasteiger partial charge in [-0.15, -0.1) is 0 Å². The minimum Gasteiger partial charge on any atom is -0.444 e. The van der Waals surface area contributed by atoms with Gasteiger partial charge in [-0.25, -0.2) is 4.79 Å². The molecule has 0 aliphatic rings. The number of hydrogen-bond donors (Lipinski definition) is 1. The number of carbonyl (C=O) groups is 1. The lowest BCUT2D eigenvalue weighted by Gasteiger charge is -2.22. The van der Waals surface area contributed by atoms with Gasteiger partial charge in [-0.2, -0.15) is 0 Å². The molecule has 0 saturated heterocycles. The zero-order chi connectivity index (χ0) is 17.3. The first-order valence-electron chi connectivity index (χ1n) is 8.15. The van der Waals surface area contributed by atoms with E-state index >= 15 is 0 Å². The van der Waals surface area contributed by atoms with Crippen LogP contribution in [0.1, 0.15) is 27.7 Å². The minimum absolute atomic E-state index is 0.0534. The number of hydrogen-bond acceptors (Lipinski definition) is 3. The third kappa shape index (κ3) is 3.50. The summed E-state index contributed by atoms with van der Waals surface area (Å²) in [5.74, 6) is 0. The van der Waals surface area contributed by atoms with Crippen LogP contribution in [-0.4, -0.2) is 27.3 Å². The molecule has 0 fully saturated rings. The van der Waals surface area contributed by atoms with Crippen molar-refractivity contribution in [1.82, 2.24) is 14.9 Å². The molecule has 1 N–H and O–H groups in total. The fourth-order valence-corrected chi connectivity index (χ4v) is 2.86. The number of ether oxygens (including phenoxy) is 1. The van der Waals surface area contributed by atoms with Gasteiger partial charge in [-0.3, -0.25) is 4.98 Å². The summed E-state index contributed by atoms with van der Waals surface area (Å²) in [7, 11) is 0. The number of amides is 1. The molecule has 5 nitrogen and oxygen atoms in total. The van der Waals surface area contributed by atoms with E-state index in [0.29, 0.717) is 6.54 Å². The number of aromatic nitrogens is 2.